The fourth-order valence-corrected chi connectivity index (χ4v) is 18.9. The van der Waals surface area contributed by atoms with E-state index in [-0.39, 0.29) is 55.5 Å². The van der Waals surface area contributed by atoms with Gasteiger partial charge in [0.15, 0.2) is 33.5 Å². The molecule has 8 aliphatic heterocycles. The molecule has 14 aromatic rings. The van der Waals surface area contributed by atoms with Crippen LogP contribution in [0.4, 0.5) is 19.2 Å². The van der Waals surface area contributed by atoms with Crippen LogP contribution in [0.2, 0.25) is 0 Å². The highest BCUT2D eigenvalue weighted by atomic mass is 16.5. The van der Waals surface area contributed by atoms with Crippen LogP contribution < -0.4 is 61.5 Å². The maximum atomic E-state index is 13.4. The number of ether oxygens (including phenoxy) is 4. The van der Waals surface area contributed by atoms with E-state index < -0.39 is 75.5 Å². The molecule has 39 heteroatoms. The van der Waals surface area contributed by atoms with Crippen LogP contribution in [-0.4, -0.2) is 194 Å². The summed E-state index contributed by atoms with van der Waals surface area (Å²) < 4.78 is 26.5. The minimum Gasteiger partial charge on any atom is -0.497 e. The molecule has 0 bridgehead atoms. The van der Waals surface area contributed by atoms with Gasteiger partial charge in [0.2, 0.25) is 0 Å². The van der Waals surface area contributed by atoms with E-state index in [9.17, 15) is 62.8 Å². The molecule has 0 saturated carbocycles. The van der Waals surface area contributed by atoms with Gasteiger partial charge in [-0.15, -0.1) is 11.5 Å². The lowest BCUT2D eigenvalue weighted by Gasteiger charge is -2.31. The Bertz CT molecular complexity index is 7580. The van der Waals surface area contributed by atoms with Crippen LogP contribution >= 0.6 is 0 Å². The molecule has 22 rings (SSSR count). The van der Waals surface area contributed by atoms with Crippen molar-refractivity contribution in [1.29, 1.82) is 5.26 Å². The van der Waals surface area contributed by atoms with E-state index in [1.807, 2.05) is 117 Å². The maximum Gasteiger partial charge on any atom is 0.322 e. The fourth-order valence-electron chi connectivity index (χ4n) is 18.9. The standard InChI is InChI=1S/C27H25N5O4.2C26H22N6O4.C24H20N6O4/c1-5-26(2,3)36-21-11-8-18-15-32(23(33)22(18)12-21)16-27(24(34)29-25(35)30-27)20-9-6-17(7-10-20)19-13-28-31(4)14-19;1-31-22-10-6-16(11-21(22)29-30-31)15-3-7-18(8-4-15)26(24(34)27-25(35)28-26)14-32-13-17-5-9-19(36-2)12-20(17)23(32)33;1-31-29-21-10-6-16(11-22(21)30-31)15-3-7-18(8-4-15)26(24(34)27-25(35)28-26)14-32-13-17-5-9-19(36-2)12-20(17)23(32)33;1-29-12-19(20(10-25)28-29)14-3-6-16(7-4-14)24(22(32)26-23(33)27-24)13-30-11-15-5-8-17(34-2)9-18(15)21(30)31/h1,6-14H,15-16H2,2-4H3,(H2,29,30,34,35);2*3-12H,13-14H2,1-2H3,(H2,27,28,34,35);3-9,12H,11,13H2,1-2H3,(H2,26,27,32,33)/t27-;2*26-;24-/m0000/s1. The molecular formula is C103H89N23O16. The van der Waals surface area contributed by atoms with Crippen LogP contribution in [0.15, 0.2) is 225 Å². The first-order valence-corrected chi connectivity index (χ1v) is 44.7. The van der Waals surface area contributed by atoms with Crippen LogP contribution in [0.5, 0.6) is 23.0 Å². The van der Waals surface area contributed by atoms with E-state index in [4.69, 9.17) is 25.4 Å². The zero-order valence-corrected chi connectivity index (χ0v) is 77.8. The predicted molar refractivity (Wildman–Crippen MR) is 511 cm³/mol. The summed E-state index contributed by atoms with van der Waals surface area (Å²) in [7, 11) is 11.8. The number of rotatable bonds is 21. The highest BCUT2D eigenvalue weighted by Gasteiger charge is 2.55. The van der Waals surface area contributed by atoms with Gasteiger partial charge >= 0.3 is 24.1 Å². The number of urea groups is 4. The second-order valence-electron chi connectivity index (χ2n) is 35.7. The Hall–Kier alpha value is -18.7. The number of carbonyl (C=O) groups is 12. The van der Waals surface area contributed by atoms with E-state index in [1.54, 1.807) is 192 Å². The third-order valence-electron chi connectivity index (χ3n) is 26.3. The summed E-state index contributed by atoms with van der Waals surface area (Å²) in [5.74, 6) is 1.82. The number of fused-ring (bicyclic) bond motifs is 6. The zero-order chi connectivity index (χ0) is 99.8. The number of nitrogens with zero attached hydrogens (tertiary/aromatic N) is 15. The summed E-state index contributed by atoms with van der Waals surface area (Å²) in [4.78, 5) is 162. The molecule has 0 unspecified atom stereocenters. The first-order chi connectivity index (χ1) is 68.2. The number of nitrogens with one attached hydrogen (secondary N) is 8. The lowest BCUT2D eigenvalue weighted by Crippen LogP contribution is -2.52. The Labute approximate surface area is 809 Å². The molecule has 12 heterocycles. The Morgan fingerprint density at radius 1 is 0.380 bits per heavy atom. The van der Waals surface area contributed by atoms with Gasteiger partial charge in [0.1, 0.15) is 45.6 Å². The topological polar surface area (TPSA) is 472 Å². The third-order valence-corrected chi connectivity index (χ3v) is 26.3. The monoisotopic (exact) mass is 1900 g/mol. The molecule has 4 atom stereocenters. The Morgan fingerprint density at radius 2 is 0.725 bits per heavy atom. The van der Waals surface area contributed by atoms with Crippen molar-refractivity contribution in [1.82, 2.24) is 112 Å². The Kier molecular flexibility index (Phi) is 23.5. The molecule has 0 aliphatic carbocycles. The molecule has 16 amide bonds. The molecule has 4 fully saturated rings. The number of hydrogen-bond acceptors (Lipinski definition) is 23. The molecular weight excluding hydrogens is 1820 g/mol. The van der Waals surface area contributed by atoms with Crippen molar-refractivity contribution < 1.29 is 76.5 Å². The molecule has 10 aromatic carbocycles. The second-order valence-corrected chi connectivity index (χ2v) is 35.7. The minimum atomic E-state index is -1.45. The molecule has 4 aromatic heterocycles. The van der Waals surface area contributed by atoms with E-state index in [0.29, 0.717) is 99.2 Å². The number of carbonyl (C=O) groups excluding carboxylic acids is 12. The number of benzene rings is 10. The van der Waals surface area contributed by atoms with Crippen molar-refractivity contribution in [2.75, 3.05) is 47.5 Å². The van der Waals surface area contributed by atoms with E-state index in [2.05, 4.69) is 85.2 Å². The van der Waals surface area contributed by atoms with Crippen LogP contribution in [-0.2, 0) is 95.7 Å². The van der Waals surface area contributed by atoms with E-state index in [1.165, 1.54) is 16.8 Å². The van der Waals surface area contributed by atoms with Crippen LogP contribution in [0, 0.1) is 23.7 Å². The first-order valence-electron chi connectivity index (χ1n) is 44.7. The number of amides is 16. The molecule has 0 spiro atoms. The molecule has 142 heavy (non-hydrogen) atoms. The quantitative estimate of drug-likeness (QED) is 0.0246. The lowest BCUT2D eigenvalue weighted by molar-refractivity contribution is -0.125. The average molecular weight is 1900 g/mol. The summed E-state index contributed by atoms with van der Waals surface area (Å²) in [5, 5.41) is 54.9. The van der Waals surface area contributed by atoms with E-state index in [0.717, 1.165) is 83.3 Å². The summed E-state index contributed by atoms with van der Waals surface area (Å²) in [5.41, 5.74) is 11.6. The van der Waals surface area contributed by atoms with Crippen molar-refractivity contribution >= 4 is 93.4 Å². The fraction of sp³-hybridized carbons (Fsp3) is 0.214. The van der Waals surface area contributed by atoms with Crippen LogP contribution in [0.1, 0.15) is 105 Å². The van der Waals surface area contributed by atoms with Crippen molar-refractivity contribution in [3.05, 3.63) is 297 Å². The average Bonchev–Trinajstić information content (AvgIpc) is 1.60. The number of methoxy groups -OCH3 is 3. The van der Waals surface area contributed by atoms with Gasteiger partial charge in [-0.05, 0) is 165 Å². The maximum absolute atomic E-state index is 13.4. The molecule has 0 radical (unpaired) electrons. The van der Waals surface area contributed by atoms with Gasteiger partial charge in [0.05, 0.1) is 59.2 Å². The molecule has 8 N–H and O–H groups in total. The first kappa shape index (κ1) is 92.4. The van der Waals surface area contributed by atoms with Gasteiger partial charge in [-0.2, -0.15) is 30.5 Å². The summed E-state index contributed by atoms with van der Waals surface area (Å²) in [6, 6.07) is 61.6. The SMILES string of the molecule is C#CC(C)(C)Oc1ccc2c(c1)C(=O)N(C[C@@]1(c3ccc(-c4cnn(C)c4)cc3)NC(=O)NC1=O)C2.COc1ccc2c(c1)C(=O)N(C[C@@]1(c3ccc(-c4ccc5c(c4)nnn5C)cc3)NC(=O)NC1=O)C2.COc1ccc2c(c1)C(=O)N(C[C@@]1(c3ccc(-c4ccc5nn(C)nc5c4)cc3)NC(=O)NC1=O)C2.COc1ccc2c(c1)C(=O)N(C[C@@]1(c3ccc(-c4cn(C)nc4C#N)cc3)NC(=O)NC1=O)C2. The Morgan fingerprint density at radius 3 is 1.08 bits per heavy atom. The normalized spacial score (nSPS) is 19.0. The highest BCUT2D eigenvalue weighted by molar-refractivity contribution is 6.12. The van der Waals surface area contributed by atoms with Crippen molar-refractivity contribution in [3.8, 4) is 85.9 Å². The number of aromatic nitrogens is 10. The summed E-state index contributed by atoms with van der Waals surface area (Å²) >= 11 is 0. The smallest absolute Gasteiger partial charge is 0.322 e. The minimum absolute atomic E-state index is 0.00862. The van der Waals surface area contributed by atoms with Gasteiger partial charge in [-0.3, -0.25) is 69.0 Å². The molecule has 39 nitrogen and oxygen atoms in total. The van der Waals surface area contributed by atoms with Gasteiger partial charge in [-0.25, -0.2) is 23.9 Å². The number of terminal acetylenes is 1. The van der Waals surface area contributed by atoms with Crippen molar-refractivity contribution in [3.63, 3.8) is 0 Å². The Balaban J connectivity index is 0.000000120. The van der Waals surface area contributed by atoms with Gasteiger partial charge in [0, 0.05) is 100 Å². The van der Waals surface area contributed by atoms with Gasteiger partial charge in [0.25, 0.3) is 47.3 Å². The van der Waals surface area contributed by atoms with Crippen LogP contribution in [0.25, 0.3) is 66.6 Å². The number of imide groups is 4. The third kappa shape index (κ3) is 17.0. The van der Waals surface area contributed by atoms with Crippen molar-refractivity contribution in [2.45, 2.75) is 67.8 Å². The zero-order valence-electron chi connectivity index (χ0n) is 77.8. The van der Waals surface area contributed by atoms with E-state index >= 15 is 0 Å². The molecule has 8 aliphatic rings. The molecule has 4 saturated heterocycles. The predicted octanol–water partition coefficient (Wildman–Crippen LogP) is 8.90. The number of nitriles is 1. The lowest BCUT2D eigenvalue weighted by atomic mass is 9.88. The van der Waals surface area contributed by atoms with Crippen LogP contribution in [0.3, 0.4) is 0 Å². The largest absolute Gasteiger partial charge is 0.497 e. The second kappa shape index (κ2) is 36.1. The number of hydrogen-bond donors (Lipinski definition) is 8. The van der Waals surface area contributed by atoms with Gasteiger partial charge in [-0.1, -0.05) is 145 Å². The summed E-state index contributed by atoms with van der Waals surface area (Å²) in [6.45, 7) is 4.70. The van der Waals surface area contributed by atoms with Crippen molar-refractivity contribution in [2.24, 2.45) is 28.2 Å². The summed E-state index contributed by atoms with van der Waals surface area (Å²) in [6.07, 6.45) is 10.9. The highest BCUT2D eigenvalue weighted by Crippen LogP contribution is 2.42. The van der Waals surface area contributed by atoms with Gasteiger partial charge < -0.3 is 59.8 Å². The number of aryl methyl sites for hydroxylation is 4. The molecule has 712 valence electrons.